The largest absolute Gasteiger partial charge is 0.349 e. The first-order chi connectivity index (χ1) is 12.5. The van der Waals surface area contributed by atoms with E-state index in [1.54, 1.807) is 24.3 Å². The quantitative estimate of drug-likeness (QED) is 0.832. The van der Waals surface area contributed by atoms with E-state index in [4.69, 9.17) is 0 Å². The maximum atomic E-state index is 13.0. The van der Waals surface area contributed by atoms with Gasteiger partial charge in [0.2, 0.25) is 0 Å². The van der Waals surface area contributed by atoms with E-state index in [0.717, 1.165) is 30.6 Å². The highest BCUT2D eigenvalue weighted by Crippen LogP contribution is 2.19. The maximum absolute atomic E-state index is 13.0. The van der Waals surface area contributed by atoms with Gasteiger partial charge in [-0.25, -0.2) is 0 Å². The van der Waals surface area contributed by atoms with Gasteiger partial charge < -0.3 is 10.6 Å². The Balaban J connectivity index is 1.86. The summed E-state index contributed by atoms with van der Waals surface area (Å²) in [5.74, 6) is 0.0871. The third kappa shape index (κ3) is 3.86. The van der Waals surface area contributed by atoms with Crippen LogP contribution in [-0.2, 0) is 0 Å². The number of benzene rings is 2. The smallest absolute Gasteiger partial charge is 0.252 e. The first-order valence-corrected chi connectivity index (χ1v) is 9.20. The molecule has 2 unspecified atom stereocenters. The molecule has 0 spiro atoms. The van der Waals surface area contributed by atoms with Gasteiger partial charge >= 0.3 is 0 Å². The summed E-state index contributed by atoms with van der Waals surface area (Å²) in [4.78, 5) is 25.9. The average molecular weight is 350 g/mol. The van der Waals surface area contributed by atoms with Gasteiger partial charge in [0.1, 0.15) is 0 Å². The normalized spacial score (nSPS) is 19.8. The Bertz CT molecular complexity index is 829. The molecule has 1 aliphatic heterocycles. The van der Waals surface area contributed by atoms with Gasteiger partial charge in [0.25, 0.3) is 5.91 Å². The van der Waals surface area contributed by atoms with Crippen LogP contribution in [0.2, 0.25) is 0 Å². The van der Waals surface area contributed by atoms with Crippen molar-refractivity contribution in [3.63, 3.8) is 0 Å². The van der Waals surface area contributed by atoms with E-state index in [1.165, 1.54) is 0 Å². The molecular formula is C22H26N2O2. The highest BCUT2D eigenvalue weighted by Gasteiger charge is 2.25. The molecule has 4 nitrogen and oxygen atoms in total. The summed E-state index contributed by atoms with van der Waals surface area (Å²) in [6, 6.07) is 12.9. The lowest BCUT2D eigenvalue weighted by molar-refractivity contribution is 0.0905. The molecule has 1 heterocycles. The Morgan fingerprint density at radius 1 is 1.04 bits per heavy atom. The van der Waals surface area contributed by atoms with Crippen LogP contribution < -0.4 is 10.6 Å². The van der Waals surface area contributed by atoms with Crippen LogP contribution in [-0.4, -0.2) is 30.8 Å². The maximum Gasteiger partial charge on any atom is 0.252 e. The number of piperidine rings is 1. The van der Waals surface area contributed by atoms with Gasteiger partial charge in [0.15, 0.2) is 5.78 Å². The van der Waals surface area contributed by atoms with Crippen molar-refractivity contribution >= 4 is 11.7 Å². The van der Waals surface area contributed by atoms with Crippen LogP contribution in [0.15, 0.2) is 42.5 Å². The molecular weight excluding hydrogens is 324 g/mol. The highest BCUT2D eigenvalue weighted by molar-refractivity contribution is 6.15. The lowest BCUT2D eigenvalue weighted by Crippen LogP contribution is -2.48. The molecule has 2 aromatic carbocycles. The zero-order chi connectivity index (χ0) is 18.7. The SMILES string of the molecule is Cc1ccc(C(=O)c2ccccc2C(=O)NC2CCNCC2C)cc1C. The van der Waals surface area contributed by atoms with Crippen molar-refractivity contribution in [2.75, 3.05) is 13.1 Å². The van der Waals surface area contributed by atoms with E-state index in [2.05, 4.69) is 17.6 Å². The molecule has 26 heavy (non-hydrogen) atoms. The Hall–Kier alpha value is -2.46. The Kier molecular flexibility index (Phi) is 5.52. The van der Waals surface area contributed by atoms with Crippen molar-refractivity contribution < 1.29 is 9.59 Å². The van der Waals surface area contributed by atoms with Crippen LogP contribution in [0.4, 0.5) is 0 Å². The van der Waals surface area contributed by atoms with Gasteiger partial charge in [0, 0.05) is 17.2 Å². The number of nitrogens with one attached hydrogen (secondary N) is 2. The van der Waals surface area contributed by atoms with E-state index in [0.29, 0.717) is 22.6 Å². The fourth-order valence-corrected chi connectivity index (χ4v) is 3.39. The summed E-state index contributed by atoms with van der Waals surface area (Å²) in [5, 5.41) is 6.45. The van der Waals surface area contributed by atoms with Crippen molar-refractivity contribution in [2.24, 2.45) is 5.92 Å². The van der Waals surface area contributed by atoms with Crippen LogP contribution in [0, 0.1) is 19.8 Å². The number of hydrogen-bond acceptors (Lipinski definition) is 3. The second kappa shape index (κ2) is 7.83. The molecule has 4 heteroatoms. The molecule has 1 saturated heterocycles. The number of ketones is 1. The monoisotopic (exact) mass is 350 g/mol. The van der Waals surface area contributed by atoms with Crippen molar-refractivity contribution in [1.82, 2.24) is 10.6 Å². The number of carbonyl (C=O) groups is 2. The van der Waals surface area contributed by atoms with Gasteiger partial charge in [-0.1, -0.05) is 37.3 Å². The molecule has 1 aliphatic rings. The van der Waals surface area contributed by atoms with E-state index in [-0.39, 0.29) is 17.7 Å². The van der Waals surface area contributed by atoms with Gasteiger partial charge in [0.05, 0.1) is 5.56 Å². The minimum atomic E-state index is -0.170. The standard InChI is InChI=1S/C22H26N2O2/c1-14-8-9-17(12-15(14)2)21(25)18-6-4-5-7-19(18)22(26)24-20-10-11-23-13-16(20)3/h4-9,12,16,20,23H,10-11,13H2,1-3H3,(H,24,26). The summed E-state index contributed by atoms with van der Waals surface area (Å²) in [6.45, 7) is 7.93. The lowest BCUT2D eigenvalue weighted by atomic mass is 9.93. The van der Waals surface area contributed by atoms with E-state index < -0.39 is 0 Å². The number of carbonyl (C=O) groups excluding carboxylic acids is 2. The molecule has 1 amide bonds. The fraction of sp³-hybridized carbons (Fsp3) is 0.364. The van der Waals surface area contributed by atoms with Gasteiger partial charge in [-0.05, 0) is 62.5 Å². The molecule has 2 atom stereocenters. The van der Waals surface area contributed by atoms with Gasteiger partial charge in [-0.15, -0.1) is 0 Å². The minimum Gasteiger partial charge on any atom is -0.349 e. The molecule has 0 aliphatic carbocycles. The molecule has 3 rings (SSSR count). The molecule has 0 bridgehead atoms. The number of amides is 1. The van der Waals surface area contributed by atoms with Crippen molar-refractivity contribution in [3.05, 3.63) is 70.3 Å². The predicted molar refractivity (Wildman–Crippen MR) is 104 cm³/mol. The van der Waals surface area contributed by atoms with E-state index in [9.17, 15) is 9.59 Å². The zero-order valence-electron chi connectivity index (χ0n) is 15.6. The molecule has 0 saturated carbocycles. The summed E-state index contributed by atoms with van der Waals surface area (Å²) in [6.07, 6.45) is 0.903. The number of hydrogen-bond donors (Lipinski definition) is 2. The van der Waals surface area contributed by atoms with Crippen molar-refractivity contribution in [1.29, 1.82) is 0 Å². The Morgan fingerprint density at radius 2 is 1.77 bits per heavy atom. The Morgan fingerprint density at radius 3 is 2.46 bits per heavy atom. The van der Waals surface area contributed by atoms with Gasteiger partial charge in [-0.2, -0.15) is 0 Å². The van der Waals surface area contributed by atoms with E-state index in [1.807, 2.05) is 32.0 Å². The summed E-state index contributed by atoms with van der Waals surface area (Å²) in [7, 11) is 0. The second-order valence-electron chi connectivity index (χ2n) is 7.22. The first-order valence-electron chi connectivity index (χ1n) is 9.20. The van der Waals surface area contributed by atoms with Crippen molar-refractivity contribution in [3.8, 4) is 0 Å². The molecule has 2 aromatic rings. The molecule has 2 N–H and O–H groups in total. The number of rotatable bonds is 4. The minimum absolute atomic E-state index is 0.114. The van der Waals surface area contributed by atoms with Crippen LogP contribution in [0.3, 0.4) is 0 Å². The first kappa shape index (κ1) is 18.3. The summed E-state index contributed by atoms with van der Waals surface area (Å²) in [5.41, 5.74) is 3.73. The lowest BCUT2D eigenvalue weighted by Gasteiger charge is -2.30. The van der Waals surface area contributed by atoms with Crippen LogP contribution in [0.1, 0.15) is 50.8 Å². The summed E-state index contributed by atoms with van der Waals surface area (Å²) >= 11 is 0. The van der Waals surface area contributed by atoms with Crippen LogP contribution in [0.5, 0.6) is 0 Å². The zero-order valence-corrected chi connectivity index (χ0v) is 15.6. The molecule has 0 radical (unpaired) electrons. The van der Waals surface area contributed by atoms with Crippen LogP contribution >= 0.6 is 0 Å². The van der Waals surface area contributed by atoms with Crippen molar-refractivity contribution in [2.45, 2.75) is 33.2 Å². The average Bonchev–Trinajstić information content (AvgIpc) is 2.65. The van der Waals surface area contributed by atoms with Gasteiger partial charge in [-0.3, -0.25) is 9.59 Å². The third-order valence-electron chi connectivity index (χ3n) is 5.29. The predicted octanol–water partition coefficient (Wildman–Crippen LogP) is 3.26. The fourth-order valence-electron chi connectivity index (χ4n) is 3.39. The molecule has 1 fully saturated rings. The number of aryl methyl sites for hydroxylation is 2. The topological polar surface area (TPSA) is 58.2 Å². The highest BCUT2D eigenvalue weighted by atomic mass is 16.2. The van der Waals surface area contributed by atoms with Crippen LogP contribution in [0.25, 0.3) is 0 Å². The van der Waals surface area contributed by atoms with E-state index >= 15 is 0 Å². The third-order valence-corrected chi connectivity index (χ3v) is 5.29. The second-order valence-corrected chi connectivity index (χ2v) is 7.22. The molecule has 136 valence electrons. The Labute approximate surface area is 155 Å². The summed E-state index contributed by atoms with van der Waals surface area (Å²) < 4.78 is 0. The molecule has 0 aromatic heterocycles.